The zero-order valence-corrected chi connectivity index (χ0v) is 12.7. The summed E-state index contributed by atoms with van der Waals surface area (Å²) in [7, 11) is 1.59. The van der Waals surface area contributed by atoms with Crippen molar-refractivity contribution in [1.29, 1.82) is 0 Å². The summed E-state index contributed by atoms with van der Waals surface area (Å²) in [5.41, 5.74) is 3.44. The zero-order chi connectivity index (χ0) is 16.0. The molecule has 1 N–H and O–H groups in total. The SMILES string of the molecule is COc1cccc(-n2nc3c4cc(C)ncc4[nH]cc-3c2=O)c1. The molecule has 1 aromatic heterocycles. The van der Waals surface area contributed by atoms with E-state index in [4.69, 9.17) is 4.74 Å². The lowest BCUT2D eigenvalue weighted by Gasteiger charge is -2.03. The minimum atomic E-state index is -0.166. The van der Waals surface area contributed by atoms with Crippen LogP contribution in [0.15, 0.2) is 47.5 Å². The topological polar surface area (TPSA) is 72.8 Å². The van der Waals surface area contributed by atoms with E-state index in [1.807, 2.05) is 31.2 Å². The molecule has 2 aliphatic heterocycles. The van der Waals surface area contributed by atoms with Gasteiger partial charge in [0.05, 0.1) is 30.1 Å². The summed E-state index contributed by atoms with van der Waals surface area (Å²) in [5.74, 6) is 0.679. The Morgan fingerprint density at radius 2 is 2.13 bits per heavy atom. The Labute approximate surface area is 131 Å². The van der Waals surface area contributed by atoms with Crippen molar-refractivity contribution < 1.29 is 4.74 Å². The molecule has 0 aliphatic carbocycles. The van der Waals surface area contributed by atoms with Gasteiger partial charge in [-0.3, -0.25) is 9.78 Å². The molecule has 0 saturated carbocycles. The summed E-state index contributed by atoms with van der Waals surface area (Å²) in [6.07, 6.45) is 3.43. The fraction of sp³-hybridized carbons (Fsp3) is 0.118. The van der Waals surface area contributed by atoms with E-state index in [2.05, 4.69) is 15.1 Å². The third-order valence-corrected chi connectivity index (χ3v) is 3.84. The number of nitrogens with zero attached hydrogens (tertiary/aromatic N) is 3. The fourth-order valence-corrected chi connectivity index (χ4v) is 2.68. The Kier molecular flexibility index (Phi) is 2.90. The Bertz CT molecular complexity index is 1050. The lowest BCUT2D eigenvalue weighted by molar-refractivity contribution is 0.414. The third kappa shape index (κ3) is 2.07. The average Bonchev–Trinajstić information content (AvgIpc) is 2.92. The van der Waals surface area contributed by atoms with Gasteiger partial charge in [0.1, 0.15) is 11.4 Å². The highest BCUT2D eigenvalue weighted by atomic mass is 16.5. The minimum Gasteiger partial charge on any atom is -0.497 e. The number of hydrogen-bond acceptors (Lipinski definition) is 4. The number of H-pyrrole nitrogens is 1. The molecule has 0 atom stereocenters. The standard InChI is InChI=1S/C17H14N4O2/c1-10-6-13-15(9-18-10)19-8-14-16(13)20-21(17(14)22)11-4-3-5-12(7-11)23-2/h3-9,19H,1-2H3. The number of aryl methyl sites for hydroxylation is 1. The van der Waals surface area contributed by atoms with Gasteiger partial charge in [-0.2, -0.15) is 9.78 Å². The summed E-state index contributed by atoms with van der Waals surface area (Å²) >= 11 is 0. The Balaban J connectivity index is 2.03. The van der Waals surface area contributed by atoms with E-state index in [1.165, 1.54) is 4.68 Å². The van der Waals surface area contributed by atoms with Gasteiger partial charge in [-0.15, -0.1) is 0 Å². The molecule has 0 amide bonds. The van der Waals surface area contributed by atoms with Gasteiger partial charge in [0.2, 0.25) is 0 Å². The van der Waals surface area contributed by atoms with Crippen LogP contribution in [0.25, 0.3) is 27.8 Å². The molecule has 2 aliphatic rings. The molecule has 0 spiro atoms. The largest absolute Gasteiger partial charge is 0.497 e. The Hall–Kier alpha value is -3.15. The molecule has 0 unspecified atom stereocenters. The molecular weight excluding hydrogens is 292 g/mol. The predicted octanol–water partition coefficient (Wildman–Crippen LogP) is 2.53. The van der Waals surface area contributed by atoms with Crippen molar-refractivity contribution >= 4 is 10.9 Å². The number of hydrogen-bond donors (Lipinski definition) is 1. The molecule has 2 aromatic rings. The first-order valence-corrected chi connectivity index (χ1v) is 7.18. The molecule has 1 aromatic carbocycles. The van der Waals surface area contributed by atoms with Crippen LogP contribution < -0.4 is 10.3 Å². The van der Waals surface area contributed by atoms with Crippen molar-refractivity contribution in [2.24, 2.45) is 0 Å². The number of pyridine rings is 2. The van der Waals surface area contributed by atoms with E-state index in [1.54, 1.807) is 25.6 Å². The number of nitrogens with one attached hydrogen (secondary N) is 1. The molecule has 6 heteroatoms. The second kappa shape index (κ2) is 4.95. The summed E-state index contributed by atoms with van der Waals surface area (Å²) in [6.45, 7) is 1.91. The van der Waals surface area contributed by atoms with E-state index < -0.39 is 0 Å². The first kappa shape index (κ1) is 13.5. The van der Waals surface area contributed by atoms with Crippen LogP contribution in [0.2, 0.25) is 0 Å². The lowest BCUT2D eigenvalue weighted by Crippen LogP contribution is -2.14. The Morgan fingerprint density at radius 3 is 2.96 bits per heavy atom. The van der Waals surface area contributed by atoms with Crippen LogP contribution in [0.1, 0.15) is 5.69 Å². The summed E-state index contributed by atoms with van der Waals surface area (Å²) in [4.78, 5) is 20.1. The van der Waals surface area contributed by atoms with Gasteiger partial charge in [0.15, 0.2) is 0 Å². The van der Waals surface area contributed by atoms with Crippen LogP contribution in [0, 0.1) is 6.92 Å². The highest BCUT2D eigenvalue weighted by molar-refractivity contribution is 5.92. The number of aromatic amines is 1. The average molecular weight is 306 g/mol. The molecule has 6 nitrogen and oxygen atoms in total. The van der Waals surface area contributed by atoms with Gasteiger partial charge in [-0.1, -0.05) is 6.07 Å². The number of rotatable bonds is 2. The molecule has 0 bridgehead atoms. The maximum Gasteiger partial charge on any atom is 0.282 e. The molecule has 0 fully saturated rings. The van der Waals surface area contributed by atoms with Crippen LogP contribution in [-0.4, -0.2) is 26.9 Å². The van der Waals surface area contributed by atoms with Gasteiger partial charge >= 0.3 is 0 Å². The first-order valence-electron chi connectivity index (χ1n) is 7.18. The Morgan fingerprint density at radius 1 is 1.26 bits per heavy atom. The number of methoxy groups -OCH3 is 1. The van der Waals surface area contributed by atoms with E-state index in [9.17, 15) is 4.79 Å². The molecule has 4 rings (SSSR count). The third-order valence-electron chi connectivity index (χ3n) is 3.84. The number of fused-ring (bicyclic) bond motifs is 3. The molecule has 23 heavy (non-hydrogen) atoms. The predicted molar refractivity (Wildman–Crippen MR) is 87.4 cm³/mol. The number of ether oxygens (including phenoxy) is 1. The highest BCUT2D eigenvalue weighted by Crippen LogP contribution is 2.26. The molecular formula is C17H14N4O2. The summed E-state index contributed by atoms with van der Waals surface area (Å²) in [6, 6.07) is 9.20. The summed E-state index contributed by atoms with van der Waals surface area (Å²) < 4.78 is 6.62. The molecule has 3 heterocycles. The lowest BCUT2D eigenvalue weighted by atomic mass is 10.1. The van der Waals surface area contributed by atoms with E-state index in [-0.39, 0.29) is 5.56 Å². The second-order valence-electron chi connectivity index (χ2n) is 5.34. The van der Waals surface area contributed by atoms with Crippen molar-refractivity contribution in [3.05, 3.63) is 58.8 Å². The minimum absolute atomic E-state index is 0.166. The van der Waals surface area contributed by atoms with Crippen molar-refractivity contribution in [3.63, 3.8) is 0 Å². The van der Waals surface area contributed by atoms with E-state index in [0.29, 0.717) is 22.7 Å². The van der Waals surface area contributed by atoms with Crippen LogP contribution in [0.3, 0.4) is 0 Å². The van der Waals surface area contributed by atoms with Gasteiger partial charge in [-0.25, -0.2) is 0 Å². The van der Waals surface area contributed by atoms with Crippen LogP contribution in [0.5, 0.6) is 5.75 Å². The highest BCUT2D eigenvalue weighted by Gasteiger charge is 2.19. The second-order valence-corrected chi connectivity index (χ2v) is 5.34. The summed E-state index contributed by atoms with van der Waals surface area (Å²) in [5, 5.41) is 5.41. The van der Waals surface area contributed by atoms with Gasteiger partial charge in [0, 0.05) is 23.3 Å². The maximum atomic E-state index is 12.7. The normalized spacial score (nSPS) is 11.2. The van der Waals surface area contributed by atoms with Crippen LogP contribution in [-0.2, 0) is 0 Å². The zero-order valence-electron chi connectivity index (χ0n) is 12.7. The molecule has 0 radical (unpaired) electrons. The molecule has 0 saturated heterocycles. The van der Waals surface area contributed by atoms with Crippen LogP contribution >= 0.6 is 0 Å². The van der Waals surface area contributed by atoms with Gasteiger partial charge in [-0.05, 0) is 25.1 Å². The van der Waals surface area contributed by atoms with Crippen molar-refractivity contribution in [2.75, 3.05) is 7.11 Å². The number of aromatic nitrogens is 4. The van der Waals surface area contributed by atoms with Crippen molar-refractivity contribution in [2.45, 2.75) is 6.92 Å². The van der Waals surface area contributed by atoms with Crippen molar-refractivity contribution in [3.8, 4) is 22.7 Å². The van der Waals surface area contributed by atoms with Crippen molar-refractivity contribution in [1.82, 2.24) is 19.7 Å². The van der Waals surface area contributed by atoms with Gasteiger partial charge < -0.3 is 9.72 Å². The fourth-order valence-electron chi connectivity index (χ4n) is 2.68. The maximum absolute atomic E-state index is 12.7. The van der Waals surface area contributed by atoms with E-state index >= 15 is 0 Å². The molecule has 114 valence electrons. The van der Waals surface area contributed by atoms with Crippen LogP contribution in [0.4, 0.5) is 0 Å². The monoisotopic (exact) mass is 306 g/mol. The number of benzene rings is 1. The van der Waals surface area contributed by atoms with Gasteiger partial charge in [0.25, 0.3) is 5.56 Å². The smallest absolute Gasteiger partial charge is 0.282 e. The first-order chi connectivity index (χ1) is 11.2. The van der Waals surface area contributed by atoms with E-state index in [0.717, 1.165) is 16.6 Å². The quantitative estimate of drug-likeness (QED) is 0.617.